The average Bonchev–Trinajstić information content (AvgIpc) is 2.60. The van der Waals surface area contributed by atoms with E-state index >= 15 is 0 Å². The second kappa shape index (κ2) is 3.64. The third kappa shape index (κ3) is 1.65. The second-order valence-electron chi connectivity index (χ2n) is 4.08. The molecule has 74 valence electrons. The predicted molar refractivity (Wildman–Crippen MR) is 58.5 cm³/mol. The Balaban J connectivity index is 2.04. The standard InChI is InChI=1S/C10H18N2S/c1-8-10(5-3-4-6-10)7-12-9(11-2)13-8/h9,11-12H,1,3-7H2,2H3. The lowest BCUT2D eigenvalue weighted by atomic mass is 9.86. The smallest absolute Gasteiger partial charge is 0.110 e. The van der Waals surface area contributed by atoms with Crippen LogP contribution < -0.4 is 10.6 Å². The highest BCUT2D eigenvalue weighted by Crippen LogP contribution is 2.49. The molecule has 1 saturated carbocycles. The summed E-state index contributed by atoms with van der Waals surface area (Å²) in [5.74, 6) is 0. The molecular formula is C10H18N2S. The summed E-state index contributed by atoms with van der Waals surface area (Å²) in [6, 6.07) is 0. The quantitative estimate of drug-likeness (QED) is 0.673. The van der Waals surface area contributed by atoms with E-state index in [0.29, 0.717) is 10.9 Å². The van der Waals surface area contributed by atoms with E-state index in [9.17, 15) is 0 Å². The van der Waals surface area contributed by atoms with Gasteiger partial charge in [0.1, 0.15) is 5.50 Å². The van der Waals surface area contributed by atoms with Crippen molar-refractivity contribution in [3.8, 4) is 0 Å². The van der Waals surface area contributed by atoms with Crippen LogP contribution in [-0.4, -0.2) is 19.1 Å². The van der Waals surface area contributed by atoms with Crippen LogP contribution in [0, 0.1) is 5.41 Å². The summed E-state index contributed by atoms with van der Waals surface area (Å²) in [4.78, 5) is 1.39. The van der Waals surface area contributed by atoms with Crippen molar-refractivity contribution < 1.29 is 0 Å². The van der Waals surface area contributed by atoms with Crippen molar-refractivity contribution >= 4 is 11.8 Å². The van der Waals surface area contributed by atoms with E-state index < -0.39 is 0 Å². The van der Waals surface area contributed by atoms with E-state index in [0.717, 1.165) is 6.54 Å². The van der Waals surface area contributed by atoms with Crippen molar-refractivity contribution in [2.75, 3.05) is 13.6 Å². The molecule has 2 aliphatic rings. The number of hydrogen-bond acceptors (Lipinski definition) is 3. The molecule has 0 aromatic rings. The van der Waals surface area contributed by atoms with Gasteiger partial charge in [-0.2, -0.15) is 0 Å². The highest BCUT2D eigenvalue weighted by atomic mass is 32.2. The molecule has 0 radical (unpaired) electrons. The van der Waals surface area contributed by atoms with E-state index in [1.807, 2.05) is 18.8 Å². The lowest BCUT2D eigenvalue weighted by molar-refractivity contribution is 0.337. The minimum absolute atomic E-state index is 0.374. The third-order valence-electron chi connectivity index (χ3n) is 3.30. The second-order valence-corrected chi connectivity index (χ2v) is 5.28. The van der Waals surface area contributed by atoms with Gasteiger partial charge in [0.05, 0.1) is 0 Å². The monoisotopic (exact) mass is 198 g/mol. The van der Waals surface area contributed by atoms with Gasteiger partial charge in [-0.05, 0) is 24.8 Å². The maximum atomic E-state index is 4.23. The minimum atomic E-state index is 0.374. The lowest BCUT2D eigenvalue weighted by Crippen LogP contribution is -2.48. The Labute approximate surface area is 84.5 Å². The molecule has 2 N–H and O–H groups in total. The van der Waals surface area contributed by atoms with Gasteiger partial charge in [0.15, 0.2) is 0 Å². The molecule has 13 heavy (non-hydrogen) atoms. The van der Waals surface area contributed by atoms with Crippen LogP contribution in [0.3, 0.4) is 0 Å². The molecule has 0 aromatic heterocycles. The molecule has 1 aliphatic carbocycles. The Bertz CT molecular complexity index is 209. The fourth-order valence-corrected chi connectivity index (χ4v) is 3.46. The first-order chi connectivity index (χ1) is 6.27. The van der Waals surface area contributed by atoms with Crippen LogP contribution in [0.4, 0.5) is 0 Å². The van der Waals surface area contributed by atoms with Gasteiger partial charge in [0.25, 0.3) is 0 Å². The fraction of sp³-hybridized carbons (Fsp3) is 0.800. The fourth-order valence-electron chi connectivity index (χ4n) is 2.36. The molecule has 1 saturated heterocycles. The molecule has 3 heteroatoms. The van der Waals surface area contributed by atoms with Gasteiger partial charge in [0.2, 0.25) is 0 Å². The van der Waals surface area contributed by atoms with E-state index in [1.165, 1.54) is 30.6 Å². The maximum absolute atomic E-state index is 4.23. The van der Waals surface area contributed by atoms with Crippen molar-refractivity contribution in [1.82, 2.24) is 10.6 Å². The largest absolute Gasteiger partial charge is 0.296 e. The van der Waals surface area contributed by atoms with Gasteiger partial charge in [-0.15, -0.1) is 0 Å². The van der Waals surface area contributed by atoms with Gasteiger partial charge in [-0.1, -0.05) is 31.2 Å². The zero-order valence-corrected chi connectivity index (χ0v) is 9.04. The SMILES string of the molecule is C=C1SC(NC)NCC12CCCC2. The topological polar surface area (TPSA) is 24.1 Å². The Kier molecular flexibility index (Phi) is 2.67. The predicted octanol–water partition coefficient (Wildman–Crippen LogP) is 1.90. The van der Waals surface area contributed by atoms with Crippen LogP contribution in [0.2, 0.25) is 0 Å². The van der Waals surface area contributed by atoms with Gasteiger partial charge < -0.3 is 0 Å². The first-order valence-corrected chi connectivity index (χ1v) is 5.91. The first kappa shape index (κ1) is 9.56. The van der Waals surface area contributed by atoms with E-state index in [4.69, 9.17) is 0 Å². The molecule has 2 rings (SSSR count). The highest BCUT2D eigenvalue weighted by molar-refractivity contribution is 8.03. The van der Waals surface area contributed by atoms with Crippen LogP contribution in [0.15, 0.2) is 11.5 Å². The molecule has 1 aliphatic heterocycles. The average molecular weight is 198 g/mol. The van der Waals surface area contributed by atoms with Crippen molar-refractivity contribution in [2.45, 2.75) is 31.2 Å². The van der Waals surface area contributed by atoms with E-state index in [-0.39, 0.29) is 0 Å². The van der Waals surface area contributed by atoms with E-state index in [2.05, 4.69) is 17.2 Å². The molecule has 1 spiro atoms. The Morgan fingerprint density at radius 2 is 2.23 bits per heavy atom. The molecule has 0 bridgehead atoms. The Morgan fingerprint density at radius 1 is 1.54 bits per heavy atom. The Hall–Kier alpha value is 0.01000. The van der Waals surface area contributed by atoms with Gasteiger partial charge >= 0.3 is 0 Å². The molecule has 1 unspecified atom stereocenters. The summed E-state index contributed by atoms with van der Waals surface area (Å²) in [7, 11) is 1.99. The number of rotatable bonds is 1. The minimum Gasteiger partial charge on any atom is -0.296 e. The molecule has 0 aromatic carbocycles. The molecule has 2 fully saturated rings. The highest BCUT2D eigenvalue weighted by Gasteiger charge is 2.40. The zero-order chi connectivity index (χ0) is 9.31. The number of thioether (sulfide) groups is 1. The zero-order valence-electron chi connectivity index (χ0n) is 8.23. The van der Waals surface area contributed by atoms with Crippen LogP contribution in [0.5, 0.6) is 0 Å². The number of hydrogen-bond donors (Lipinski definition) is 2. The molecule has 1 atom stereocenters. The van der Waals surface area contributed by atoms with Crippen molar-refractivity contribution in [1.29, 1.82) is 0 Å². The summed E-state index contributed by atoms with van der Waals surface area (Å²) in [5.41, 5.74) is 0.802. The normalized spacial score (nSPS) is 32.7. The summed E-state index contributed by atoms with van der Waals surface area (Å²) in [6.45, 7) is 5.35. The molecule has 1 heterocycles. The van der Waals surface area contributed by atoms with E-state index in [1.54, 1.807) is 0 Å². The number of nitrogens with one attached hydrogen (secondary N) is 2. The summed E-state index contributed by atoms with van der Waals surface area (Å²) >= 11 is 1.87. The van der Waals surface area contributed by atoms with Crippen LogP contribution in [-0.2, 0) is 0 Å². The summed E-state index contributed by atoms with van der Waals surface area (Å²) < 4.78 is 0. The first-order valence-electron chi connectivity index (χ1n) is 5.03. The summed E-state index contributed by atoms with van der Waals surface area (Å²) in [5, 5.41) is 6.75. The molecular weight excluding hydrogens is 180 g/mol. The molecule has 2 nitrogen and oxygen atoms in total. The Morgan fingerprint density at radius 3 is 2.77 bits per heavy atom. The molecule has 0 amide bonds. The van der Waals surface area contributed by atoms with Gasteiger partial charge in [-0.25, -0.2) is 0 Å². The van der Waals surface area contributed by atoms with Gasteiger partial charge in [-0.3, -0.25) is 10.6 Å². The van der Waals surface area contributed by atoms with Crippen molar-refractivity contribution in [2.24, 2.45) is 5.41 Å². The summed E-state index contributed by atoms with van der Waals surface area (Å²) in [6.07, 6.45) is 5.43. The van der Waals surface area contributed by atoms with Crippen molar-refractivity contribution in [3.63, 3.8) is 0 Å². The van der Waals surface area contributed by atoms with Crippen LogP contribution >= 0.6 is 11.8 Å². The van der Waals surface area contributed by atoms with Crippen LogP contribution in [0.1, 0.15) is 25.7 Å². The van der Waals surface area contributed by atoms with Crippen LogP contribution in [0.25, 0.3) is 0 Å². The third-order valence-corrected chi connectivity index (χ3v) is 4.66. The van der Waals surface area contributed by atoms with Crippen molar-refractivity contribution in [3.05, 3.63) is 11.5 Å². The van der Waals surface area contributed by atoms with Gasteiger partial charge in [0, 0.05) is 12.0 Å². The lowest BCUT2D eigenvalue weighted by Gasteiger charge is -2.39. The maximum Gasteiger partial charge on any atom is 0.110 e.